The molecule has 23 heavy (non-hydrogen) atoms. The van der Waals surface area contributed by atoms with Crippen molar-refractivity contribution in [1.82, 2.24) is 9.97 Å². The molecule has 0 saturated carbocycles. The monoisotopic (exact) mass is 340 g/mol. The maximum atomic E-state index is 11.5. The van der Waals surface area contributed by atoms with E-state index in [1.165, 1.54) is 6.33 Å². The van der Waals surface area contributed by atoms with Crippen LogP contribution in [0.15, 0.2) is 12.4 Å². The van der Waals surface area contributed by atoms with Gasteiger partial charge in [-0.1, -0.05) is 0 Å². The number of rotatable bonds is 4. The Morgan fingerprint density at radius 2 is 2.00 bits per heavy atom. The number of piperidine rings is 1. The van der Waals surface area contributed by atoms with Crippen molar-refractivity contribution in [3.05, 3.63) is 12.4 Å². The van der Waals surface area contributed by atoms with E-state index in [4.69, 9.17) is 5.11 Å². The number of carboxylic acids is 1. The highest BCUT2D eigenvalue weighted by molar-refractivity contribution is 7.91. The molecule has 1 aromatic rings. The molecule has 2 fully saturated rings. The van der Waals surface area contributed by atoms with Crippen molar-refractivity contribution in [2.75, 3.05) is 34.8 Å². The second kappa shape index (κ2) is 6.31. The lowest BCUT2D eigenvalue weighted by molar-refractivity contribution is -0.142. The molecular weight excluding hydrogens is 320 g/mol. The van der Waals surface area contributed by atoms with Crippen molar-refractivity contribution in [2.45, 2.75) is 25.3 Å². The third kappa shape index (κ3) is 3.90. The lowest BCUT2D eigenvalue weighted by Crippen LogP contribution is -2.36. The first-order chi connectivity index (χ1) is 10.9. The van der Waals surface area contributed by atoms with Crippen molar-refractivity contribution in [2.24, 2.45) is 5.92 Å². The largest absolute Gasteiger partial charge is 0.481 e. The van der Waals surface area contributed by atoms with E-state index in [-0.39, 0.29) is 23.5 Å². The van der Waals surface area contributed by atoms with Crippen LogP contribution in [0.3, 0.4) is 0 Å². The molecule has 1 unspecified atom stereocenters. The van der Waals surface area contributed by atoms with Gasteiger partial charge in [0.1, 0.15) is 18.0 Å². The van der Waals surface area contributed by atoms with Gasteiger partial charge < -0.3 is 15.3 Å². The fraction of sp³-hybridized carbons (Fsp3) is 0.643. The van der Waals surface area contributed by atoms with Crippen LogP contribution in [-0.2, 0) is 14.6 Å². The molecule has 0 bridgehead atoms. The van der Waals surface area contributed by atoms with Gasteiger partial charge in [0.25, 0.3) is 0 Å². The zero-order valence-electron chi connectivity index (χ0n) is 12.7. The van der Waals surface area contributed by atoms with Crippen LogP contribution in [0.5, 0.6) is 0 Å². The Morgan fingerprint density at radius 1 is 1.26 bits per heavy atom. The summed E-state index contributed by atoms with van der Waals surface area (Å²) < 4.78 is 23.0. The van der Waals surface area contributed by atoms with Gasteiger partial charge in [-0.05, 0) is 19.3 Å². The molecule has 0 radical (unpaired) electrons. The van der Waals surface area contributed by atoms with E-state index < -0.39 is 15.8 Å². The van der Waals surface area contributed by atoms with Crippen molar-refractivity contribution in [3.8, 4) is 0 Å². The summed E-state index contributed by atoms with van der Waals surface area (Å²) in [4.78, 5) is 21.4. The number of nitrogens with zero attached hydrogens (tertiary/aromatic N) is 3. The van der Waals surface area contributed by atoms with Gasteiger partial charge in [-0.2, -0.15) is 0 Å². The Labute approximate surface area is 134 Å². The van der Waals surface area contributed by atoms with Gasteiger partial charge in [-0.3, -0.25) is 4.79 Å². The minimum absolute atomic E-state index is 0.111. The summed E-state index contributed by atoms with van der Waals surface area (Å²) in [7, 11) is -2.93. The Balaban J connectivity index is 1.63. The normalized spacial score (nSPS) is 24.5. The van der Waals surface area contributed by atoms with Crippen LogP contribution in [0.25, 0.3) is 0 Å². The quantitative estimate of drug-likeness (QED) is 0.809. The zero-order chi connectivity index (χ0) is 16.4. The number of carboxylic acid groups (broad SMARTS) is 1. The van der Waals surface area contributed by atoms with Crippen molar-refractivity contribution in [1.29, 1.82) is 0 Å². The van der Waals surface area contributed by atoms with Gasteiger partial charge in [0, 0.05) is 25.2 Å². The average molecular weight is 340 g/mol. The summed E-state index contributed by atoms with van der Waals surface area (Å²) in [6.45, 7) is 1.29. The zero-order valence-corrected chi connectivity index (χ0v) is 13.5. The average Bonchev–Trinajstić information content (AvgIpc) is 2.86. The molecule has 3 heterocycles. The summed E-state index contributed by atoms with van der Waals surface area (Å²) in [5, 5.41) is 12.2. The minimum atomic E-state index is -2.93. The Kier molecular flexibility index (Phi) is 4.38. The van der Waals surface area contributed by atoms with Gasteiger partial charge >= 0.3 is 5.97 Å². The molecule has 2 N–H and O–H groups in total. The summed E-state index contributed by atoms with van der Waals surface area (Å²) in [6.07, 6.45) is 3.24. The van der Waals surface area contributed by atoms with Gasteiger partial charge in [0.15, 0.2) is 9.84 Å². The molecule has 9 heteroatoms. The molecule has 8 nitrogen and oxygen atoms in total. The Bertz CT molecular complexity index is 686. The van der Waals surface area contributed by atoms with Crippen LogP contribution in [0.2, 0.25) is 0 Å². The smallest absolute Gasteiger partial charge is 0.306 e. The van der Waals surface area contributed by atoms with Crippen LogP contribution in [0.4, 0.5) is 11.6 Å². The van der Waals surface area contributed by atoms with E-state index in [1.54, 1.807) is 6.07 Å². The molecule has 3 rings (SSSR count). The molecule has 1 aromatic heterocycles. The summed E-state index contributed by atoms with van der Waals surface area (Å²) in [5.74, 6) is 0.679. The SMILES string of the molecule is O=C(O)C1CCN(c2cc(NC3CCS(=O)(=O)C3)ncn2)CC1. The fourth-order valence-electron chi connectivity index (χ4n) is 3.07. The van der Waals surface area contributed by atoms with Gasteiger partial charge in [0.05, 0.1) is 17.4 Å². The highest BCUT2D eigenvalue weighted by atomic mass is 32.2. The fourth-order valence-corrected chi connectivity index (χ4v) is 4.75. The van der Waals surface area contributed by atoms with Crippen LogP contribution < -0.4 is 10.2 Å². The Hall–Kier alpha value is -1.90. The predicted octanol–water partition coefficient (Wildman–Crippen LogP) is 0.377. The standard InChI is InChI=1S/C14H20N4O4S/c19-14(20)10-1-4-18(5-2-10)13-7-12(15-9-16-13)17-11-3-6-23(21,22)8-11/h7,9-11H,1-6,8H2,(H,19,20)(H,15,16,17). The lowest BCUT2D eigenvalue weighted by atomic mass is 9.97. The molecular formula is C14H20N4O4S. The first-order valence-electron chi connectivity index (χ1n) is 7.70. The van der Waals surface area contributed by atoms with E-state index in [1.807, 2.05) is 4.90 Å². The second-order valence-corrected chi connectivity index (χ2v) is 8.33. The van der Waals surface area contributed by atoms with E-state index in [0.717, 1.165) is 5.82 Å². The van der Waals surface area contributed by atoms with Gasteiger partial charge in [-0.25, -0.2) is 18.4 Å². The van der Waals surface area contributed by atoms with E-state index in [0.29, 0.717) is 38.2 Å². The first kappa shape index (κ1) is 16.0. The van der Waals surface area contributed by atoms with Crippen molar-refractivity contribution < 1.29 is 18.3 Å². The third-order valence-corrected chi connectivity index (χ3v) is 6.17. The Morgan fingerprint density at radius 3 is 2.61 bits per heavy atom. The number of aromatic nitrogens is 2. The topological polar surface area (TPSA) is 112 Å². The lowest BCUT2D eigenvalue weighted by Gasteiger charge is -2.31. The number of sulfone groups is 1. The molecule has 126 valence electrons. The van der Waals surface area contributed by atoms with Gasteiger partial charge in [0.2, 0.25) is 0 Å². The van der Waals surface area contributed by atoms with Crippen LogP contribution in [0.1, 0.15) is 19.3 Å². The number of aliphatic carboxylic acids is 1. The van der Waals surface area contributed by atoms with Crippen LogP contribution in [0, 0.1) is 5.92 Å². The number of anilines is 2. The van der Waals surface area contributed by atoms with Crippen LogP contribution >= 0.6 is 0 Å². The molecule has 0 spiro atoms. The first-order valence-corrected chi connectivity index (χ1v) is 9.52. The highest BCUT2D eigenvalue weighted by Gasteiger charge is 2.28. The second-order valence-electron chi connectivity index (χ2n) is 6.11. The molecule has 2 saturated heterocycles. The molecule has 2 aliphatic heterocycles. The van der Waals surface area contributed by atoms with E-state index in [9.17, 15) is 13.2 Å². The van der Waals surface area contributed by atoms with Crippen molar-refractivity contribution in [3.63, 3.8) is 0 Å². The summed E-state index contributed by atoms with van der Waals surface area (Å²) in [6, 6.07) is 1.69. The maximum Gasteiger partial charge on any atom is 0.306 e. The third-order valence-electron chi connectivity index (χ3n) is 4.41. The molecule has 2 aliphatic rings. The number of hydrogen-bond donors (Lipinski definition) is 2. The van der Waals surface area contributed by atoms with Crippen molar-refractivity contribution >= 4 is 27.4 Å². The van der Waals surface area contributed by atoms with Crippen LogP contribution in [-0.4, -0.2) is 60.1 Å². The molecule has 0 aliphatic carbocycles. The van der Waals surface area contributed by atoms with Gasteiger partial charge in [-0.15, -0.1) is 0 Å². The summed E-state index contributed by atoms with van der Waals surface area (Å²) >= 11 is 0. The van der Waals surface area contributed by atoms with E-state index in [2.05, 4.69) is 15.3 Å². The predicted molar refractivity (Wildman–Crippen MR) is 85.3 cm³/mol. The molecule has 0 aromatic carbocycles. The molecule has 1 atom stereocenters. The number of hydrogen-bond acceptors (Lipinski definition) is 7. The minimum Gasteiger partial charge on any atom is -0.481 e. The molecule has 0 amide bonds. The summed E-state index contributed by atoms with van der Waals surface area (Å²) in [5.41, 5.74) is 0. The number of carbonyl (C=O) groups is 1. The highest BCUT2D eigenvalue weighted by Crippen LogP contribution is 2.24. The maximum absolute atomic E-state index is 11.5. The van der Waals surface area contributed by atoms with E-state index >= 15 is 0 Å². The number of nitrogens with one attached hydrogen (secondary N) is 1.